The van der Waals surface area contributed by atoms with Crippen molar-refractivity contribution in [1.82, 2.24) is 24.8 Å². The van der Waals surface area contributed by atoms with E-state index in [1.165, 1.54) is 37.2 Å². The van der Waals surface area contributed by atoms with Crippen molar-refractivity contribution < 1.29 is 9.53 Å². The van der Waals surface area contributed by atoms with Crippen LogP contribution in [-0.4, -0.2) is 102 Å². The summed E-state index contributed by atoms with van der Waals surface area (Å²) in [5.74, 6) is 0.234. The first-order chi connectivity index (χ1) is 20.9. The summed E-state index contributed by atoms with van der Waals surface area (Å²) in [5.41, 5.74) is 10.3. The predicted octanol–water partition coefficient (Wildman–Crippen LogP) is 3.50. The van der Waals surface area contributed by atoms with Crippen LogP contribution < -0.4 is 21.3 Å². The van der Waals surface area contributed by atoms with Crippen molar-refractivity contribution in [1.29, 1.82) is 0 Å². The minimum absolute atomic E-state index is 0.0749. The number of carbonyl (C=O) groups excluding carboxylic acids is 1. The number of aryl methyl sites for hydroxylation is 1. The van der Waals surface area contributed by atoms with Crippen LogP contribution in [0, 0.1) is 6.92 Å². The number of nitrogens with one attached hydrogen (secondary N) is 2. The highest BCUT2D eigenvalue weighted by Crippen LogP contribution is 2.32. The number of benzene rings is 1. The van der Waals surface area contributed by atoms with Crippen LogP contribution in [0.2, 0.25) is 0 Å². The van der Waals surface area contributed by atoms with Crippen molar-refractivity contribution >= 4 is 28.9 Å². The molecule has 11 heteroatoms. The van der Waals surface area contributed by atoms with Crippen LogP contribution in [0.5, 0.6) is 0 Å². The zero-order valence-corrected chi connectivity index (χ0v) is 25.3. The fourth-order valence-electron chi connectivity index (χ4n) is 6.40. The number of likely N-dealkylation sites (N-methyl/N-ethyl adjacent to an activating group) is 1. The van der Waals surface area contributed by atoms with Gasteiger partial charge in [0.25, 0.3) is 5.91 Å². The lowest BCUT2D eigenvalue weighted by Crippen LogP contribution is -2.52. The number of carbonyl (C=O) groups is 1. The van der Waals surface area contributed by atoms with E-state index in [2.05, 4.69) is 56.4 Å². The Morgan fingerprint density at radius 2 is 1.72 bits per heavy atom. The lowest BCUT2D eigenvalue weighted by atomic mass is 10.0. The van der Waals surface area contributed by atoms with Gasteiger partial charge in [0, 0.05) is 82.1 Å². The maximum atomic E-state index is 12.6. The Morgan fingerprint density at radius 1 is 0.953 bits per heavy atom. The molecular weight excluding hydrogens is 542 g/mol. The minimum Gasteiger partial charge on any atom is -0.381 e. The van der Waals surface area contributed by atoms with Crippen LogP contribution in [0.15, 0.2) is 42.6 Å². The number of hydrogen-bond acceptors (Lipinski definition) is 10. The van der Waals surface area contributed by atoms with Crippen molar-refractivity contribution in [2.24, 2.45) is 5.73 Å². The van der Waals surface area contributed by atoms with Crippen molar-refractivity contribution in [2.45, 2.75) is 44.7 Å². The Kier molecular flexibility index (Phi) is 9.01. The predicted molar refractivity (Wildman–Crippen MR) is 170 cm³/mol. The first-order valence-electron chi connectivity index (χ1n) is 15.5. The summed E-state index contributed by atoms with van der Waals surface area (Å²) >= 11 is 0. The molecule has 3 aliphatic rings. The smallest absolute Gasteiger partial charge is 0.271 e. The third kappa shape index (κ3) is 6.90. The molecule has 3 saturated heterocycles. The summed E-state index contributed by atoms with van der Waals surface area (Å²) in [7, 11) is 2.21. The first kappa shape index (κ1) is 29.3. The molecule has 4 N–H and O–H groups in total. The molecule has 1 aromatic carbocycles. The quantitative estimate of drug-likeness (QED) is 0.362. The second kappa shape index (κ2) is 13.2. The van der Waals surface area contributed by atoms with E-state index in [0.717, 1.165) is 44.7 Å². The summed E-state index contributed by atoms with van der Waals surface area (Å²) < 4.78 is 5.54. The van der Waals surface area contributed by atoms with E-state index < -0.39 is 5.91 Å². The van der Waals surface area contributed by atoms with Gasteiger partial charge in [0.2, 0.25) is 0 Å². The lowest BCUT2D eigenvalue weighted by Gasteiger charge is -2.43. The molecule has 0 unspecified atom stereocenters. The number of hydrogen-bond donors (Lipinski definition) is 3. The molecule has 5 heterocycles. The molecule has 228 valence electrons. The Morgan fingerprint density at radius 3 is 2.40 bits per heavy atom. The summed E-state index contributed by atoms with van der Waals surface area (Å²) in [6.45, 7) is 10.3. The van der Waals surface area contributed by atoms with Gasteiger partial charge in [0.1, 0.15) is 5.69 Å². The van der Waals surface area contributed by atoms with E-state index >= 15 is 0 Å². The third-order valence-electron chi connectivity index (χ3n) is 8.92. The van der Waals surface area contributed by atoms with Gasteiger partial charge in [-0.1, -0.05) is 6.07 Å². The molecule has 6 rings (SSSR count). The zero-order chi connectivity index (χ0) is 29.8. The van der Waals surface area contributed by atoms with E-state index in [1.54, 1.807) is 6.20 Å². The number of amides is 1. The number of anilines is 4. The minimum atomic E-state index is -0.652. The molecule has 0 atom stereocenters. The Labute approximate surface area is 253 Å². The van der Waals surface area contributed by atoms with Gasteiger partial charge in [-0.15, -0.1) is 0 Å². The Balaban J connectivity index is 1.21. The number of nitrogens with two attached hydrogens (primary N) is 1. The lowest BCUT2D eigenvalue weighted by molar-refractivity contribution is 0.0904. The molecule has 0 spiro atoms. The topological polar surface area (TPSA) is 125 Å². The fraction of sp³-hybridized carbons (Fsp3) is 0.500. The largest absolute Gasteiger partial charge is 0.381 e. The van der Waals surface area contributed by atoms with Crippen molar-refractivity contribution in [3.05, 3.63) is 53.9 Å². The third-order valence-corrected chi connectivity index (χ3v) is 8.92. The maximum Gasteiger partial charge on any atom is 0.271 e. The van der Waals surface area contributed by atoms with Crippen LogP contribution in [0.25, 0.3) is 11.4 Å². The van der Waals surface area contributed by atoms with Crippen molar-refractivity contribution in [3.8, 4) is 11.4 Å². The summed E-state index contributed by atoms with van der Waals surface area (Å²) in [5, 5.41) is 6.88. The number of ether oxygens (including phenoxy) is 1. The number of aromatic nitrogens is 3. The van der Waals surface area contributed by atoms with E-state index in [-0.39, 0.29) is 11.7 Å². The van der Waals surface area contributed by atoms with Gasteiger partial charge in [-0.2, -0.15) is 0 Å². The van der Waals surface area contributed by atoms with E-state index in [9.17, 15) is 4.79 Å². The van der Waals surface area contributed by atoms with Crippen LogP contribution in [0.1, 0.15) is 41.7 Å². The van der Waals surface area contributed by atoms with Gasteiger partial charge in [0.05, 0.1) is 5.69 Å². The Hall–Kier alpha value is -3.80. The molecule has 0 saturated carbocycles. The van der Waals surface area contributed by atoms with Gasteiger partial charge >= 0.3 is 0 Å². The van der Waals surface area contributed by atoms with Gasteiger partial charge in [0.15, 0.2) is 17.3 Å². The van der Waals surface area contributed by atoms with E-state index in [4.69, 9.17) is 20.4 Å². The highest BCUT2D eigenvalue weighted by molar-refractivity contribution is 5.97. The number of primary amides is 1. The number of pyridine rings is 1. The second-order valence-corrected chi connectivity index (χ2v) is 11.9. The maximum absolute atomic E-state index is 12.6. The normalized spacial score (nSPS) is 19.3. The molecule has 3 fully saturated rings. The molecule has 3 aliphatic heterocycles. The van der Waals surface area contributed by atoms with Crippen LogP contribution in [0.3, 0.4) is 0 Å². The van der Waals surface area contributed by atoms with Gasteiger partial charge in [-0.3, -0.25) is 14.7 Å². The Bertz CT molecular complexity index is 1400. The second-order valence-electron chi connectivity index (χ2n) is 11.9. The number of piperidine rings is 1. The fourth-order valence-corrected chi connectivity index (χ4v) is 6.40. The molecular formula is C32H43N9O2. The summed E-state index contributed by atoms with van der Waals surface area (Å²) in [6.07, 6.45) is 5.79. The van der Waals surface area contributed by atoms with E-state index in [1.807, 2.05) is 24.3 Å². The highest BCUT2D eigenvalue weighted by Gasteiger charge is 2.28. The number of rotatable bonds is 8. The molecule has 0 bridgehead atoms. The zero-order valence-electron chi connectivity index (χ0n) is 25.3. The monoisotopic (exact) mass is 585 g/mol. The number of nitrogens with zero attached hydrogens (tertiary/aromatic N) is 6. The molecule has 0 radical (unpaired) electrons. The summed E-state index contributed by atoms with van der Waals surface area (Å²) in [4.78, 5) is 34.2. The average molecular weight is 586 g/mol. The molecule has 11 nitrogen and oxygen atoms in total. The SMILES string of the molecule is Cc1cc(Nc2nc(NC3CCOCC3)c(-c3ccccn3)nc2C(N)=O)ccc1N1CCC(N2CCN(C)CC2)CC1. The van der Waals surface area contributed by atoms with Crippen molar-refractivity contribution in [2.75, 3.05) is 75.1 Å². The molecule has 2 aromatic heterocycles. The summed E-state index contributed by atoms with van der Waals surface area (Å²) in [6, 6.07) is 12.7. The van der Waals surface area contributed by atoms with Gasteiger partial charge in [-0.05, 0) is 75.5 Å². The van der Waals surface area contributed by atoms with Crippen molar-refractivity contribution in [3.63, 3.8) is 0 Å². The van der Waals surface area contributed by atoms with Crippen LogP contribution in [0.4, 0.5) is 23.0 Å². The first-order valence-corrected chi connectivity index (χ1v) is 15.5. The average Bonchev–Trinajstić information content (AvgIpc) is 3.03. The standard InChI is InChI=1S/C32H43N9O2/c1-22-21-24(6-7-27(22)41-13-8-25(9-14-41)40-17-15-39(2)16-18-40)36-32-29(30(33)42)37-28(26-5-3-4-12-34-26)31(38-32)35-23-10-19-43-20-11-23/h3-7,12,21,23,25H,8-11,13-20H2,1-2H3,(H2,33,42)(H2,35,36,38). The van der Waals surface area contributed by atoms with Crippen LogP contribution >= 0.6 is 0 Å². The molecule has 43 heavy (non-hydrogen) atoms. The molecule has 1 amide bonds. The van der Waals surface area contributed by atoms with E-state index in [0.29, 0.717) is 42.3 Å². The van der Waals surface area contributed by atoms with Crippen LogP contribution in [-0.2, 0) is 4.74 Å². The van der Waals surface area contributed by atoms with Gasteiger partial charge < -0.3 is 30.9 Å². The highest BCUT2D eigenvalue weighted by atomic mass is 16.5. The molecule has 3 aromatic rings. The number of piperazine rings is 1. The molecule has 0 aliphatic carbocycles. The van der Waals surface area contributed by atoms with Gasteiger partial charge in [-0.25, -0.2) is 9.97 Å².